The number of aromatic nitrogens is 1. The Kier molecular flexibility index (Phi) is 5.55. The van der Waals surface area contributed by atoms with E-state index >= 15 is 0 Å². The van der Waals surface area contributed by atoms with Crippen molar-refractivity contribution < 1.29 is 0 Å². The number of hydrogen-bond acceptors (Lipinski definition) is 2. The minimum absolute atomic E-state index is 0.509. The van der Waals surface area contributed by atoms with Crippen LogP contribution < -0.4 is 0 Å². The Morgan fingerprint density at radius 1 is 1.11 bits per heavy atom. The second-order valence-electron chi connectivity index (χ2n) is 4.78. The van der Waals surface area contributed by atoms with Gasteiger partial charge in [0.1, 0.15) is 0 Å². The highest BCUT2D eigenvalue weighted by Crippen LogP contribution is 2.19. The van der Waals surface area contributed by atoms with Crippen LogP contribution in [0.3, 0.4) is 0 Å². The Morgan fingerprint density at radius 3 is 2.47 bits per heavy atom. The Hall–Kier alpha value is -1.19. The molecule has 2 rings (SSSR count). The van der Waals surface area contributed by atoms with Gasteiger partial charge in [0.05, 0.1) is 5.69 Å². The predicted octanol–water partition coefficient (Wildman–Crippen LogP) is 3.69. The maximum Gasteiger partial charge on any atom is 0.0543 e. The smallest absolute Gasteiger partial charge is 0.0543 e. The Labute approximate surface area is 123 Å². The summed E-state index contributed by atoms with van der Waals surface area (Å²) < 4.78 is 0. The molecular weight excluding hydrogens is 300 g/mol. The summed E-state index contributed by atoms with van der Waals surface area (Å²) in [7, 11) is 2.15. The van der Waals surface area contributed by atoms with Crippen molar-refractivity contribution in [1.82, 2.24) is 9.88 Å². The van der Waals surface area contributed by atoms with Gasteiger partial charge >= 0.3 is 0 Å². The van der Waals surface area contributed by atoms with E-state index in [-0.39, 0.29) is 0 Å². The highest BCUT2D eigenvalue weighted by Gasteiger charge is 2.13. The summed E-state index contributed by atoms with van der Waals surface area (Å²) >= 11 is 3.62. The van der Waals surface area contributed by atoms with Gasteiger partial charge in [0.25, 0.3) is 0 Å². The normalized spacial score (nSPS) is 12.6. The van der Waals surface area contributed by atoms with Crippen molar-refractivity contribution >= 4 is 15.9 Å². The molecule has 0 saturated carbocycles. The molecule has 0 bridgehead atoms. The van der Waals surface area contributed by atoms with Crippen molar-refractivity contribution in [3.8, 4) is 0 Å². The lowest BCUT2D eigenvalue weighted by Gasteiger charge is -2.22. The summed E-state index contributed by atoms with van der Waals surface area (Å²) in [6.07, 6.45) is 1.85. The molecule has 100 valence electrons. The van der Waals surface area contributed by atoms with E-state index in [0.717, 1.165) is 24.1 Å². The fourth-order valence-electron chi connectivity index (χ4n) is 2.18. The summed E-state index contributed by atoms with van der Waals surface area (Å²) in [6.45, 7) is 1.91. The van der Waals surface area contributed by atoms with Crippen LogP contribution in [0.1, 0.15) is 17.2 Å². The molecule has 1 unspecified atom stereocenters. The van der Waals surface area contributed by atoms with Crippen LogP contribution in [0.5, 0.6) is 0 Å². The maximum absolute atomic E-state index is 4.37. The van der Waals surface area contributed by atoms with E-state index in [0.29, 0.717) is 5.92 Å². The van der Waals surface area contributed by atoms with Gasteiger partial charge in [-0.05, 0) is 24.7 Å². The number of rotatable bonds is 6. The molecule has 1 heterocycles. The van der Waals surface area contributed by atoms with Crippen molar-refractivity contribution in [3.63, 3.8) is 0 Å². The third kappa shape index (κ3) is 4.44. The first kappa shape index (κ1) is 14.2. The highest BCUT2D eigenvalue weighted by atomic mass is 79.9. The van der Waals surface area contributed by atoms with Gasteiger partial charge in [0.15, 0.2) is 0 Å². The summed E-state index contributed by atoms with van der Waals surface area (Å²) in [6, 6.07) is 16.7. The minimum atomic E-state index is 0.509. The summed E-state index contributed by atoms with van der Waals surface area (Å²) in [5, 5.41) is 0.976. The Morgan fingerprint density at radius 2 is 1.84 bits per heavy atom. The van der Waals surface area contributed by atoms with E-state index in [1.54, 1.807) is 0 Å². The van der Waals surface area contributed by atoms with E-state index in [1.165, 1.54) is 5.56 Å². The number of hydrogen-bond donors (Lipinski definition) is 0. The highest BCUT2D eigenvalue weighted by molar-refractivity contribution is 9.09. The molecule has 2 aromatic rings. The molecule has 1 aromatic carbocycles. The molecule has 0 fully saturated rings. The molecule has 1 aromatic heterocycles. The molecule has 0 amide bonds. The van der Waals surface area contributed by atoms with Crippen LogP contribution in [-0.2, 0) is 6.54 Å². The van der Waals surface area contributed by atoms with E-state index in [2.05, 4.69) is 69.3 Å². The zero-order valence-corrected chi connectivity index (χ0v) is 12.8. The lowest BCUT2D eigenvalue weighted by molar-refractivity contribution is 0.308. The molecule has 3 heteroatoms. The molecule has 0 N–H and O–H groups in total. The zero-order chi connectivity index (χ0) is 13.5. The molecule has 0 aliphatic carbocycles. The first-order valence-corrected chi connectivity index (χ1v) is 7.61. The standard InChI is InChI=1S/C16H19BrN2/c1-19(13-16-9-5-6-10-18-16)12-15(11-17)14-7-3-2-4-8-14/h2-10,15H,11-13H2,1H3. The number of nitrogens with zero attached hydrogens (tertiary/aromatic N) is 2. The molecule has 2 nitrogen and oxygen atoms in total. The number of alkyl halides is 1. The zero-order valence-electron chi connectivity index (χ0n) is 11.2. The topological polar surface area (TPSA) is 16.1 Å². The van der Waals surface area contributed by atoms with E-state index in [4.69, 9.17) is 0 Å². The lowest BCUT2D eigenvalue weighted by atomic mass is 10.0. The molecule has 0 aliphatic rings. The van der Waals surface area contributed by atoms with Crippen molar-refractivity contribution in [2.24, 2.45) is 0 Å². The lowest BCUT2D eigenvalue weighted by Crippen LogP contribution is -2.25. The third-order valence-corrected chi connectivity index (χ3v) is 3.93. The van der Waals surface area contributed by atoms with Gasteiger partial charge in [-0.3, -0.25) is 9.88 Å². The van der Waals surface area contributed by atoms with Gasteiger partial charge in [-0.1, -0.05) is 52.3 Å². The maximum atomic E-state index is 4.37. The van der Waals surface area contributed by atoms with E-state index in [9.17, 15) is 0 Å². The quantitative estimate of drug-likeness (QED) is 0.755. The predicted molar refractivity (Wildman–Crippen MR) is 83.5 cm³/mol. The summed E-state index contributed by atoms with van der Waals surface area (Å²) in [5.41, 5.74) is 2.50. The van der Waals surface area contributed by atoms with Crippen LogP contribution in [0.4, 0.5) is 0 Å². The molecule has 19 heavy (non-hydrogen) atoms. The van der Waals surface area contributed by atoms with Gasteiger partial charge in [-0.2, -0.15) is 0 Å². The fraction of sp³-hybridized carbons (Fsp3) is 0.312. The van der Waals surface area contributed by atoms with Crippen LogP contribution >= 0.6 is 15.9 Å². The van der Waals surface area contributed by atoms with Crippen LogP contribution in [0, 0.1) is 0 Å². The van der Waals surface area contributed by atoms with E-state index in [1.807, 2.05) is 18.3 Å². The molecule has 0 saturated heterocycles. The van der Waals surface area contributed by atoms with Gasteiger partial charge < -0.3 is 0 Å². The van der Waals surface area contributed by atoms with Crippen molar-refractivity contribution in [2.45, 2.75) is 12.5 Å². The third-order valence-electron chi connectivity index (χ3n) is 3.15. The molecular formula is C16H19BrN2. The first-order valence-electron chi connectivity index (χ1n) is 6.49. The van der Waals surface area contributed by atoms with Gasteiger partial charge in [0.2, 0.25) is 0 Å². The van der Waals surface area contributed by atoms with Crippen LogP contribution in [0.25, 0.3) is 0 Å². The largest absolute Gasteiger partial charge is 0.300 e. The van der Waals surface area contributed by atoms with Crippen LogP contribution in [0.15, 0.2) is 54.7 Å². The van der Waals surface area contributed by atoms with Crippen molar-refractivity contribution in [1.29, 1.82) is 0 Å². The minimum Gasteiger partial charge on any atom is -0.300 e. The van der Waals surface area contributed by atoms with Gasteiger partial charge in [-0.15, -0.1) is 0 Å². The monoisotopic (exact) mass is 318 g/mol. The average Bonchev–Trinajstić information content (AvgIpc) is 2.47. The Bertz CT molecular complexity index is 473. The molecule has 0 radical (unpaired) electrons. The Balaban J connectivity index is 1.95. The average molecular weight is 319 g/mol. The second kappa shape index (κ2) is 7.41. The number of likely N-dealkylation sites (N-methyl/N-ethyl adjacent to an activating group) is 1. The second-order valence-corrected chi connectivity index (χ2v) is 5.43. The van der Waals surface area contributed by atoms with Crippen molar-refractivity contribution in [2.75, 3.05) is 18.9 Å². The van der Waals surface area contributed by atoms with Gasteiger partial charge in [0, 0.05) is 30.5 Å². The SMILES string of the molecule is CN(Cc1ccccn1)CC(CBr)c1ccccc1. The molecule has 0 aliphatic heterocycles. The van der Waals surface area contributed by atoms with Crippen molar-refractivity contribution in [3.05, 3.63) is 66.0 Å². The number of pyridine rings is 1. The molecule has 0 spiro atoms. The van der Waals surface area contributed by atoms with Crippen LogP contribution in [-0.4, -0.2) is 28.8 Å². The first-order chi connectivity index (χ1) is 9.29. The number of halogens is 1. The fourth-order valence-corrected chi connectivity index (χ4v) is 2.76. The van der Waals surface area contributed by atoms with Gasteiger partial charge in [-0.25, -0.2) is 0 Å². The van der Waals surface area contributed by atoms with E-state index < -0.39 is 0 Å². The summed E-state index contributed by atoms with van der Waals surface area (Å²) in [4.78, 5) is 6.69. The summed E-state index contributed by atoms with van der Waals surface area (Å²) in [5.74, 6) is 0.509. The number of benzene rings is 1. The molecule has 1 atom stereocenters. The van der Waals surface area contributed by atoms with Crippen LogP contribution in [0.2, 0.25) is 0 Å².